The highest BCUT2D eigenvalue weighted by molar-refractivity contribution is 5.85. The van der Waals surface area contributed by atoms with Crippen molar-refractivity contribution in [2.45, 2.75) is 40.5 Å². The maximum absolute atomic E-state index is 11.8. The van der Waals surface area contributed by atoms with Gasteiger partial charge in [0.2, 0.25) is 11.8 Å². The van der Waals surface area contributed by atoms with Gasteiger partial charge in [0, 0.05) is 20.0 Å². The van der Waals surface area contributed by atoms with E-state index in [0.717, 1.165) is 6.42 Å². The summed E-state index contributed by atoms with van der Waals surface area (Å²) in [4.78, 5) is 25.0. The molecule has 0 rings (SSSR count). The van der Waals surface area contributed by atoms with Gasteiger partial charge in [0.05, 0.1) is 6.54 Å². The van der Waals surface area contributed by atoms with Crippen molar-refractivity contribution in [3.8, 4) is 0 Å². The Balaban J connectivity index is 0. The highest BCUT2D eigenvalue weighted by Crippen LogP contribution is 2.13. The van der Waals surface area contributed by atoms with E-state index < -0.39 is 0 Å². The van der Waals surface area contributed by atoms with Crippen LogP contribution in [0.5, 0.6) is 0 Å². The van der Waals surface area contributed by atoms with Crippen LogP contribution >= 0.6 is 12.4 Å². The third-order valence-corrected chi connectivity index (χ3v) is 3.03. The van der Waals surface area contributed by atoms with Crippen LogP contribution in [-0.2, 0) is 9.59 Å². The average molecular weight is 308 g/mol. The van der Waals surface area contributed by atoms with Gasteiger partial charge in [-0.3, -0.25) is 9.59 Å². The van der Waals surface area contributed by atoms with E-state index in [0.29, 0.717) is 25.4 Å². The summed E-state index contributed by atoms with van der Waals surface area (Å²) in [5, 5.41) is 2.66. The Labute approximate surface area is 129 Å². The van der Waals surface area contributed by atoms with E-state index in [2.05, 4.69) is 19.2 Å². The standard InChI is InChI=1S/C14H29N3O2.ClH/c1-11(2)6-7-12(18)16-8-13(19)17(5)10-14(3,4)9-15;/h11H,6-10,15H2,1-5H3,(H,16,18);1H. The molecule has 0 aliphatic carbocycles. The van der Waals surface area contributed by atoms with Gasteiger partial charge in [0.1, 0.15) is 0 Å². The maximum Gasteiger partial charge on any atom is 0.241 e. The molecule has 0 aromatic rings. The fraction of sp³-hybridized carbons (Fsp3) is 0.857. The Morgan fingerprint density at radius 1 is 1.30 bits per heavy atom. The molecule has 0 atom stereocenters. The summed E-state index contributed by atoms with van der Waals surface area (Å²) in [6.45, 7) is 9.34. The number of hydrogen-bond donors (Lipinski definition) is 2. The number of nitrogens with two attached hydrogens (primary N) is 1. The normalized spacial score (nSPS) is 10.9. The molecular weight excluding hydrogens is 278 g/mol. The van der Waals surface area contributed by atoms with Crippen LogP contribution in [0, 0.1) is 11.3 Å². The van der Waals surface area contributed by atoms with Crippen LogP contribution in [0.1, 0.15) is 40.5 Å². The largest absolute Gasteiger partial charge is 0.347 e. The maximum atomic E-state index is 11.8. The molecule has 0 fully saturated rings. The number of hydrogen-bond acceptors (Lipinski definition) is 3. The second-order valence-corrected chi connectivity index (χ2v) is 6.33. The van der Waals surface area contributed by atoms with Crippen molar-refractivity contribution in [2.75, 3.05) is 26.7 Å². The fourth-order valence-corrected chi connectivity index (χ4v) is 1.61. The first-order valence-corrected chi connectivity index (χ1v) is 6.88. The highest BCUT2D eigenvalue weighted by atomic mass is 35.5. The minimum Gasteiger partial charge on any atom is -0.347 e. The first kappa shape index (κ1) is 21.5. The molecular formula is C14H30ClN3O2. The smallest absolute Gasteiger partial charge is 0.241 e. The van der Waals surface area contributed by atoms with Gasteiger partial charge < -0.3 is 16.0 Å². The number of likely N-dealkylation sites (N-methyl/N-ethyl adjacent to an activating group) is 1. The number of carbonyl (C=O) groups excluding carboxylic acids is 2. The number of carbonyl (C=O) groups is 2. The van der Waals surface area contributed by atoms with Crippen molar-refractivity contribution in [1.29, 1.82) is 0 Å². The lowest BCUT2D eigenvalue weighted by atomic mass is 9.93. The average Bonchev–Trinajstić information content (AvgIpc) is 2.32. The molecule has 0 spiro atoms. The molecule has 0 aromatic heterocycles. The second kappa shape index (κ2) is 10.00. The zero-order valence-electron chi connectivity index (χ0n) is 13.4. The zero-order chi connectivity index (χ0) is 15.1. The Bertz CT molecular complexity index is 307. The van der Waals surface area contributed by atoms with Crippen molar-refractivity contribution in [3.05, 3.63) is 0 Å². The van der Waals surface area contributed by atoms with Crippen molar-refractivity contribution in [3.63, 3.8) is 0 Å². The lowest BCUT2D eigenvalue weighted by Crippen LogP contribution is -2.44. The summed E-state index contributed by atoms with van der Waals surface area (Å²) < 4.78 is 0. The van der Waals surface area contributed by atoms with E-state index in [4.69, 9.17) is 5.73 Å². The highest BCUT2D eigenvalue weighted by Gasteiger charge is 2.21. The van der Waals surface area contributed by atoms with Crippen molar-refractivity contribution >= 4 is 24.2 Å². The molecule has 0 heterocycles. The van der Waals surface area contributed by atoms with E-state index in [1.54, 1.807) is 11.9 Å². The number of nitrogens with one attached hydrogen (secondary N) is 1. The molecule has 5 nitrogen and oxygen atoms in total. The van der Waals surface area contributed by atoms with Gasteiger partial charge in [0.15, 0.2) is 0 Å². The molecule has 2 amide bonds. The summed E-state index contributed by atoms with van der Waals surface area (Å²) in [6, 6.07) is 0. The Morgan fingerprint density at radius 3 is 2.30 bits per heavy atom. The second-order valence-electron chi connectivity index (χ2n) is 6.33. The van der Waals surface area contributed by atoms with E-state index in [-0.39, 0.29) is 36.2 Å². The lowest BCUT2D eigenvalue weighted by Gasteiger charge is -2.29. The molecule has 0 aliphatic heterocycles. The molecule has 0 radical (unpaired) electrons. The van der Waals surface area contributed by atoms with Crippen molar-refractivity contribution in [2.24, 2.45) is 17.1 Å². The summed E-state index contributed by atoms with van der Waals surface area (Å²) in [7, 11) is 1.74. The third kappa shape index (κ3) is 10.0. The van der Waals surface area contributed by atoms with E-state index >= 15 is 0 Å². The summed E-state index contributed by atoms with van der Waals surface area (Å²) in [5.41, 5.74) is 5.53. The van der Waals surface area contributed by atoms with Gasteiger partial charge >= 0.3 is 0 Å². The van der Waals surface area contributed by atoms with Gasteiger partial charge in [-0.15, -0.1) is 12.4 Å². The van der Waals surface area contributed by atoms with Gasteiger partial charge in [-0.05, 0) is 24.3 Å². The topological polar surface area (TPSA) is 75.4 Å². The van der Waals surface area contributed by atoms with Crippen LogP contribution in [0.15, 0.2) is 0 Å². The molecule has 0 aromatic carbocycles. The SMILES string of the molecule is CC(C)CCC(=O)NCC(=O)N(C)CC(C)(C)CN.Cl. The Hall–Kier alpha value is -0.810. The van der Waals surface area contributed by atoms with Crippen LogP contribution < -0.4 is 11.1 Å². The number of rotatable bonds is 8. The van der Waals surface area contributed by atoms with E-state index in [9.17, 15) is 9.59 Å². The van der Waals surface area contributed by atoms with Crippen LogP contribution in [0.3, 0.4) is 0 Å². The fourth-order valence-electron chi connectivity index (χ4n) is 1.61. The molecule has 120 valence electrons. The molecule has 0 unspecified atom stereocenters. The van der Waals surface area contributed by atoms with Gasteiger partial charge in [0.25, 0.3) is 0 Å². The lowest BCUT2D eigenvalue weighted by molar-refractivity contribution is -0.132. The first-order valence-electron chi connectivity index (χ1n) is 6.88. The van der Waals surface area contributed by atoms with E-state index in [1.165, 1.54) is 0 Å². The number of halogens is 1. The van der Waals surface area contributed by atoms with Gasteiger partial charge in [-0.25, -0.2) is 0 Å². The van der Waals surface area contributed by atoms with Gasteiger partial charge in [-0.1, -0.05) is 27.7 Å². The van der Waals surface area contributed by atoms with Crippen LogP contribution in [0.25, 0.3) is 0 Å². The van der Waals surface area contributed by atoms with Gasteiger partial charge in [-0.2, -0.15) is 0 Å². The Morgan fingerprint density at radius 2 is 1.85 bits per heavy atom. The molecule has 0 saturated heterocycles. The molecule has 0 bridgehead atoms. The molecule has 0 aliphatic rings. The number of nitrogens with zero attached hydrogens (tertiary/aromatic N) is 1. The molecule has 3 N–H and O–H groups in total. The predicted molar refractivity (Wildman–Crippen MR) is 84.8 cm³/mol. The molecule has 6 heteroatoms. The summed E-state index contributed by atoms with van der Waals surface area (Å²) in [5.74, 6) is 0.349. The minimum absolute atomic E-state index is 0. The summed E-state index contributed by atoms with van der Waals surface area (Å²) in [6.07, 6.45) is 1.32. The predicted octanol–water partition coefficient (Wildman–Crippen LogP) is 1.40. The quantitative estimate of drug-likeness (QED) is 0.712. The monoisotopic (exact) mass is 307 g/mol. The van der Waals surface area contributed by atoms with Crippen molar-refractivity contribution in [1.82, 2.24) is 10.2 Å². The molecule has 0 saturated carbocycles. The zero-order valence-corrected chi connectivity index (χ0v) is 14.2. The minimum atomic E-state index is -0.105. The Kier molecular flexibility index (Phi) is 10.7. The van der Waals surface area contributed by atoms with Crippen LogP contribution in [-0.4, -0.2) is 43.4 Å². The number of amides is 2. The van der Waals surface area contributed by atoms with Crippen LogP contribution in [0.2, 0.25) is 0 Å². The van der Waals surface area contributed by atoms with E-state index in [1.807, 2.05) is 13.8 Å². The summed E-state index contributed by atoms with van der Waals surface area (Å²) >= 11 is 0. The first-order chi connectivity index (χ1) is 8.68. The third-order valence-electron chi connectivity index (χ3n) is 3.03. The van der Waals surface area contributed by atoms with Crippen molar-refractivity contribution < 1.29 is 9.59 Å². The molecule has 20 heavy (non-hydrogen) atoms. The van der Waals surface area contributed by atoms with Crippen LogP contribution in [0.4, 0.5) is 0 Å².